The van der Waals surface area contributed by atoms with Crippen molar-refractivity contribution in [3.63, 3.8) is 0 Å². The second-order valence-corrected chi connectivity index (χ2v) is 6.44. The monoisotopic (exact) mass is 351 g/mol. The minimum atomic E-state index is -0.901. The fraction of sp³-hybridized carbons (Fsp3) is 0.286. The van der Waals surface area contributed by atoms with Gasteiger partial charge in [0.15, 0.2) is 6.10 Å². The van der Waals surface area contributed by atoms with Gasteiger partial charge in [0.1, 0.15) is 6.29 Å². The van der Waals surface area contributed by atoms with Crippen molar-refractivity contribution in [3.8, 4) is 0 Å². The Morgan fingerprint density at radius 2 is 1.88 bits per heavy atom. The standard InChI is InChI=1S/C21H21NO4/c1-14(26-21(25)17-11-9-15(13-23)10-12-17)20(24)22-19-8-4-6-16-5-2-3-7-18(16)19/h2-3,5,7,9-14,19H,4,6,8H2,1H3,(H,22,24)/t14-,19+/m0/s1. The molecule has 2 aromatic carbocycles. The van der Waals surface area contributed by atoms with E-state index in [-0.39, 0.29) is 11.9 Å². The zero-order chi connectivity index (χ0) is 18.5. The molecule has 2 atom stereocenters. The van der Waals surface area contributed by atoms with Crippen LogP contribution in [0.3, 0.4) is 0 Å². The summed E-state index contributed by atoms with van der Waals surface area (Å²) in [6.45, 7) is 1.56. The summed E-state index contributed by atoms with van der Waals surface area (Å²) >= 11 is 0. The molecular formula is C21H21NO4. The highest BCUT2D eigenvalue weighted by Gasteiger charge is 2.25. The lowest BCUT2D eigenvalue weighted by Gasteiger charge is -2.27. The number of esters is 1. The quantitative estimate of drug-likeness (QED) is 0.663. The highest BCUT2D eigenvalue weighted by Crippen LogP contribution is 2.29. The van der Waals surface area contributed by atoms with Crippen LogP contribution in [0.25, 0.3) is 0 Å². The SMILES string of the molecule is C[C@H](OC(=O)c1ccc(C=O)cc1)C(=O)N[C@@H]1CCCc2ccccc21. The highest BCUT2D eigenvalue weighted by molar-refractivity contribution is 5.93. The van der Waals surface area contributed by atoms with Crippen LogP contribution < -0.4 is 5.32 Å². The Morgan fingerprint density at radius 3 is 2.62 bits per heavy atom. The predicted octanol–water partition coefficient (Wildman–Crippen LogP) is 3.24. The van der Waals surface area contributed by atoms with Gasteiger partial charge in [-0.2, -0.15) is 0 Å². The average molecular weight is 351 g/mol. The molecule has 134 valence electrons. The van der Waals surface area contributed by atoms with E-state index in [4.69, 9.17) is 4.74 Å². The maximum Gasteiger partial charge on any atom is 0.338 e. The van der Waals surface area contributed by atoms with Crippen molar-refractivity contribution in [2.75, 3.05) is 0 Å². The summed E-state index contributed by atoms with van der Waals surface area (Å²) in [5, 5.41) is 2.99. The van der Waals surface area contributed by atoms with Gasteiger partial charge in [0, 0.05) is 5.56 Å². The minimum absolute atomic E-state index is 0.0551. The van der Waals surface area contributed by atoms with Gasteiger partial charge in [0.25, 0.3) is 5.91 Å². The van der Waals surface area contributed by atoms with Crippen molar-refractivity contribution in [1.82, 2.24) is 5.32 Å². The molecule has 0 fully saturated rings. The molecule has 0 spiro atoms. The predicted molar refractivity (Wildman–Crippen MR) is 97.0 cm³/mol. The molecule has 2 aromatic rings. The summed E-state index contributed by atoms with van der Waals surface area (Å²) in [7, 11) is 0. The van der Waals surface area contributed by atoms with Gasteiger partial charge in [-0.15, -0.1) is 0 Å². The van der Waals surface area contributed by atoms with Gasteiger partial charge in [-0.3, -0.25) is 9.59 Å². The minimum Gasteiger partial charge on any atom is -0.449 e. The van der Waals surface area contributed by atoms with E-state index in [9.17, 15) is 14.4 Å². The Hall–Kier alpha value is -2.95. The largest absolute Gasteiger partial charge is 0.449 e. The summed E-state index contributed by atoms with van der Waals surface area (Å²) in [5.74, 6) is -0.904. The molecule has 1 amide bonds. The van der Waals surface area contributed by atoms with Crippen LogP contribution in [-0.2, 0) is 16.0 Å². The van der Waals surface area contributed by atoms with Crippen molar-refractivity contribution in [3.05, 3.63) is 70.8 Å². The van der Waals surface area contributed by atoms with E-state index in [1.807, 2.05) is 18.2 Å². The van der Waals surface area contributed by atoms with Gasteiger partial charge < -0.3 is 10.1 Å². The van der Waals surface area contributed by atoms with Crippen LogP contribution in [0, 0.1) is 0 Å². The van der Waals surface area contributed by atoms with Crippen molar-refractivity contribution in [2.45, 2.75) is 38.3 Å². The summed E-state index contributed by atoms with van der Waals surface area (Å²) in [4.78, 5) is 35.3. The van der Waals surface area contributed by atoms with E-state index in [0.717, 1.165) is 24.8 Å². The molecule has 0 bridgehead atoms. The van der Waals surface area contributed by atoms with Crippen LogP contribution in [-0.4, -0.2) is 24.3 Å². The molecule has 0 saturated heterocycles. The average Bonchev–Trinajstić information content (AvgIpc) is 2.68. The topological polar surface area (TPSA) is 72.5 Å². The number of carbonyl (C=O) groups excluding carboxylic acids is 3. The summed E-state index contributed by atoms with van der Waals surface area (Å²) in [5.41, 5.74) is 3.17. The Morgan fingerprint density at radius 1 is 1.15 bits per heavy atom. The normalized spacial score (nSPS) is 16.9. The number of nitrogens with one attached hydrogen (secondary N) is 1. The van der Waals surface area contributed by atoms with Crippen molar-refractivity contribution in [2.24, 2.45) is 0 Å². The second-order valence-electron chi connectivity index (χ2n) is 6.44. The number of amides is 1. The van der Waals surface area contributed by atoms with Gasteiger partial charge >= 0.3 is 5.97 Å². The number of fused-ring (bicyclic) bond motifs is 1. The highest BCUT2D eigenvalue weighted by atomic mass is 16.5. The van der Waals surface area contributed by atoms with Crippen molar-refractivity contribution >= 4 is 18.2 Å². The number of benzene rings is 2. The molecular weight excluding hydrogens is 330 g/mol. The molecule has 0 saturated carbocycles. The molecule has 5 nitrogen and oxygen atoms in total. The van der Waals surface area contributed by atoms with Gasteiger partial charge in [0.2, 0.25) is 0 Å². The fourth-order valence-corrected chi connectivity index (χ4v) is 3.17. The van der Waals surface area contributed by atoms with Gasteiger partial charge in [-0.05, 0) is 49.4 Å². The Bertz CT molecular complexity index is 813. The summed E-state index contributed by atoms with van der Waals surface area (Å²) in [6, 6.07) is 14.1. The van der Waals surface area contributed by atoms with Crippen LogP contribution >= 0.6 is 0 Å². The smallest absolute Gasteiger partial charge is 0.338 e. The van der Waals surface area contributed by atoms with Gasteiger partial charge in [0.05, 0.1) is 11.6 Å². The van der Waals surface area contributed by atoms with Gasteiger partial charge in [-0.1, -0.05) is 36.4 Å². The number of ether oxygens (including phenoxy) is 1. The molecule has 0 heterocycles. The summed E-state index contributed by atoms with van der Waals surface area (Å²) in [6.07, 6.45) is 2.70. The fourth-order valence-electron chi connectivity index (χ4n) is 3.17. The van der Waals surface area contributed by atoms with E-state index in [1.165, 1.54) is 29.8 Å². The number of rotatable bonds is 5. The van der Waals surface area contributed by atoms with E-state index in [0.29, 0.717) is 17.4 Å². The first-order valence-corrected chi connectivity index (χ1v) is 8.73. The molecule has 3 rings (SSSR count). The van der Waals surface area contributed by atoms with E-state index >= 15 is 0 Å². The molecule has 0 radical (unpaired) electrons. The third kappa shape index (κ3) is 3.99. The molecule has 0 unspecified atom stereocenters. The van der Waals surface area contributed by atoms with Crippen molar-refractivity contribution < 1.29 is 19.1 Å². The zero-order valence-electron chi connectivity index (χ0n) is 14.6. The lowest BCUT2D eigenvalue weighted by molar-refractivity contribution is -0.130. The van der Waals surface area contributed by atoms with E-state index in [2.05, 4.69) is 11.4 Å². The number of aldehydes is 1. The van der Waals surface area contributed by atoms with Crippen molar-refractivity contribution in [1.29, 1.82) is 0 Å². The molecule has 1 aliphatic carbocycles. The number of hydrogen-bond donors (Lipinski definition) is 1. The van der Waals surface area contributed by atoms with E-state index in [1.54, 1.807) is 6.92 Å². The van der Waals surface area contributed by atoms with Crippen LogP contribution in [0.4, 0.5) is 0 Å². The number of aryl methyl sites for hydroxylation is 1. The Labute approximate surface area is 152 Å². The molecule has 0 aromatic heterocycles. The second kappa shape index (κ2) is 7.95. The summed E-state index contributed by atoms with van der Waals surface area (Å²) < 4.78 is 5.26. The first-order valence-electron chi connectivity index (χ1n) is 8.73. The first-order chi connectivity index (χ1) is 12.6. The number of hydrogen-bond acceptors (Lipinski definition) is 4. The van der Waals surface area contributed by atoms with Crippen LogP contribution in [0.5, 0.6) is 0 Å². The molecule has 5 heteroatoms. The van der Waals surface area contributed by atoms with Crippen LogP contribution in [0.1, 0.15) is 57.7 Å². The molecule has 26 heavy (non-hydrogen) atoms. The van der Waals surface area contributed by atoms with Gasteiger partial charge in [-0.25, -0.2) is 4.79 Å². The van der Waals surface area contributed by atoms with E-state index < -0.39 is 12.1 Å². The maximum atomic E-state index is 12.5. The number of carbonyl (C=O) groups is 3. The third-order valence-corrected chi connectivity index (χ3v) is 4.62. The molecule has 0 aliphatic heterocycles. The third-order valence-electron chi connectivity index (χ3n) is 4.62. The zero-order valence-corrected chi connectivity index (χ0v) is 14.6. The van der Waals surface area contributed by atoms with Crippen LogP contribution in [0.2, 0.25) is 0 Å². The first kappa shape index (κ1) is 17.9. The molecule has 1 N–H and O–H groups in total. The lowest BCUT2D eigenvalue weighted by Crippen LogP contribution is -2.39. The Balaban J connectivity index is 1.61. The van der Waals surface area contributed by atoms with Crippen LogP contribution in [0.15, 0.2) is 48.5 Å². The maximum absolute atomic E-state index is 12.5. The molecule has 1 aliphatic rings. The lowest BCUT2D eigenvalue weighted by atomic mass is 9.87. The Kier molecular flexibility index (Phi) is 5.46.